The maximum atomic E-state index is 11.0. The van der Waals surface area contributed by atoms with E-state index in [2.05, 4.69) is 5.32 Å². The van der Waals surface area contributed by atoms with Crippen molar-refractivity contribution in [1.82, 2.24) is 5.32 Å². The van der Waals surface area contributed by atoms with Crippen LogP contribution < -0.4 is 5.32 Å². The van der Waals surface area contributed by atoms with Gasteiger partial charge in [0, 0.05) is 29.0 Å². The van der Waals surface area contributed by atoms with Gasteiger partial charge in [0.2, 0.25) is 0 Å². The van der Waals surface area contributed by atoms with E-state index in [4.69, 9.17) is 0 Å². The van der Waals surface area contributed by atoms with Gasteiger partial charge < -0.3 is 10.4 Å². The SMILES string of the molecule is CSC(CO)C(C)NC(C)c1ccc(C)c([N+](=O)[O-])c1. The summed E-state index contributed by atoms with van der Waals surface area (Å²) in [5.74, 6) is 0. The first-order valence-corrected chi connectivity index (χ1v) is 7.84. The minimum Gasteiger partial charge on any atom is -0.395 e. The molecule has 0 spiro atoms. The van der Waals surface area contributed by atoms with Crippen LogP contribution in [0.15, 0.2) is 18.2 Å². The number of hydrogen-bond acceptors (Lipinski definition) is 5. The lowest BCUT2D eigenvalue weighted by atomic mass is 10.0. The molecule has 0 saturated carbocycles. The molecule has 0 aliphatic rings. The highest BCUT2D eigenvalue weighted by atomic mass is 32.2. The van der Waals surface area contributed by atoms with Crippen LogP contribution in [-0.4, -0.2) is 34.2 Å². The highest BCUT2D eigenvalue weighted by molar-refractivity contribution is 7.99. The van der Waals surface area contributed by atoms with Gasteiger partial charge in [0.25, 0.3) is 5.69 Å². The van der Waals surface area contributed by atoms with Crippen molar-refractivity contribution < 1.29 is 10.0 Å². The van der Waals surface area contributed by atoms with Gasteiger partial charge in [0.1, 0.15) is 0 Å². The van der Waals surface area contributed by atoms with Crippen molar-refractivity contribution in [1.29, 1.82) is 0 Å². The van der Waals surface area contributed by atoms with E-state index in [9.17, 15) is 15.2 Å². The number of nitro benzene ring substituents is 1. The van der Waals surface area contributed by atoms with E-state index in [1.165, 1.54) is 0 Å². The van der Waals surface area contributed by atoms with Crippen molar-refractivity contribution >= 4 is 17.4 Å². The van der Waals surface area contributed by atoms with Crippen LogP contribution in [0.2, 0.25) is 0 Å². The molecule has 0 aliphatic carbocycles. The third-order valence-electron chi connectivity index (χ3n) is 3.48. The van der Waals surface area contributed by atoms with Crippen LogP contribution in [0.4, 0.5) is 5.69 Å². The van der Waals surface area contributed by atoms with Crippen molar-refractivity contribution in [3.63, 3.8) is 0 Å². The number of thioether (sulfide) groups is 1. The molecule has 0 radical (unpaired) electrons. The zero-order chi connectivity index (χ0) is 15.3. The van der Waals surface area contributed by atoms with Crippen molar-refractivity contribution in [3.8, 4) is 0 Å². The van der Waals surface area contributed by atoms with Crippen LogP contribution in [0.5, 0.6) is 0 Å². The molecule has 2 N–H and O–H groups in total. The second-order valence-electron chi connectivity index (χ2n) is 4.94. The smallest absolute Gasteiger partial charge is 0.272 e. The zero-order valence-corrected chi connectivity index (χ0v) is 13.1. The van der Waals surface area contributed by atoms with E-state index >= 15 is 0 Å². The Hall–Kier alpha value is -1.11. The van der Waals surface area contributed by atoms with Crippen LogP contribution in [0.3, 0.4) is 0 Å². The van der Waals surface area contributed by atoms with Crippen molar-refractivity contribution in [2.75, 3.05) is 12.9 Å². The van der Waals surface area contributed by atoms with Crippen molar-refractivity contribution in [3.05, 3.63) is 39.4 Å². The molecule has 3 atom stereocenters. The van der Waals surface area contributed by atoms with E-state index in [1.54, 1.807) is 30.8 Å². The molecule has 0 aliphatic heterocycles. The highest BCUT2D eigenvalue weighted by Crippen LogP contribution is 2.24. The van der Waals surface area contributed by atoms with Gasteiger partial charge in [-0.05, 0) is 32.6 Å². The Bertz CT molecular complexity index is 464. The number of benzene rings is 1. The number of aliphatic hydroxyl groups excluding tert-OH is 1. The number of rotatable bonds is 7. The Kier molecular flexibility index (Phi) is 6.45. The molecule has 6 heteroatoms. The first kappa shape index (κ1) is 16.9. The van der Waals surface area contributed by atoms with Gasteiger partial charge in [0.05, 0.1) is 11.5 Å². The third kappa shape index (κ3) is 4.19. The molecule has 0 bridgehead atoms. The minimum atomic E-state index is -0.354. The van der Waals surface area contributed by atoms with E-state index in [1.807, 2.05) is 26.2 Å². The van der Waals surface area contributed by atoms with Gasteiger partial charge in [0.15, 0.2) is 0 Å². The summed E-state index contributed by atoms with van der Waals surface area (Å²) in [5, 5.41) is 23.7. The van der Waals surface area contributed by atoms with Gasteiger partial charge in [-0.3, -0.25) is 10.1 Å². The van der Waals surface area contributed by atoms with E-state index in [-0.39, 0.29) is 34.6 Å². The van der Waals surface area contributed by atoms with Crippen LogP contribution in [0.25, 0.3) is 0 Å². The van der Waals surface area contributed by atoms with E-state index < -0.39 is 0 Å². The Morgan fingerprint density at radius 1 is 1.45 bits per heavy atom. The second kappa shape index (κ2) is 7.61. The standard InChI is InChI=1S/C14H22N2O3S/c1-9-5-6-12(7-13(9)16(18)19)10(2)15-11(3)14(8-17)20-4/h5-7,10-11,14-15,17H,8H2,1-4H3. The average molecular weight is 298 g/mol. The van der Waals surface area contributed by atoms with Gasteiger partial charge in [-0.2, -0.15) is 11.8 Å². The Labute approximate surface area is 123 Å². The normalized spacial score (nSPS) is 15.7. The summed E-state index contributed by atoms with van der Waals surface area (Å²) in [6, 6.07) is 5.40. The van der Waals surface area contributed by atoms with E-state index in [0.717, 1.165) is 5.56 Å². The van der Waals surface area contributed by atoms with Crippen molar-refractivity contribution in [2.45, 2.75) is 38.1 Å². The predicted octanol–water partition coefficient (Wildman–Crippen LogP) is 2.67. The molecule has 0 fully saturated rings. The number of aryl methyl sites for hydroxylation is 1. The predicted molar refractivity (Wildman–Crippen MR) is 83.2 cm³/mol. The maximum Gasteiger partial charge on any atom is 0.272 e. The molecule has 112 valence electrons. The summed E-state index contributed by atoms with van der Waals surface area (Å²) in [4.78, 5) is 10.6. The quantitative estimate of drug-likeness (QED) is 0.598. The first-order valence-electron chi connectivity index (χ1n) is 6.55. The monoisotopic (exact) mass is 298 g/mol. The molecule has 20 heavy (non-hydrogen) atoms. The minimum absolute atomic E-state index is 0.00880. The molecule has 3 unspecified atom stereocenters. The molecular weight excluding hydrogens is 276 g/mol. The van der Waals surface area contributed by atoms with Crippen molar-refractivity contribution in [2.24, 2.45) is 0 Å². The second-order valence-corrected chi connectivity index (χ2v) is 6.01. The fraction of sp³-hybridized carbons (Fsp3) is 0.571. The topological polar surface area (TPSA) is 75.4 Å². The average Bonchev–Trinajstić information content (AvgIpc) is 2.40. The Morgan fingerprint density at radius 3 is 2.60 bits per heavy atom. The number of nitrogens with zero attached hydrogens (tertiary/aromatic N) is 1. The fourth-order valence-electron chi connectivity index (χ4n) is 2.13. The van der Waals surface area contributed by atoms with Crippen LogP contribution in [-0.2, 0) is 0 Å². The van der Waals surface area contributed by atoms with Gasteiger partial charge in [-0.25, -0.2) is 0 Å². The summed E-state index contributed by atoms with van der Waals surface area (Å²) in [6.07, 6.45) is 1.96. The lowest BCUT2D eigenvalue weighted by Crippen LogP contribution is -2.38. The molecule has 0 saturated heterocycles. The summed E-state index contributed by atoms with van der Waals surface area (Å²) in [5.41, 5.74) is 1.69. The highest BCUT2D eigenvalue weighted by Gasteiger charge is 2.19. The number of nitro groups is 1. The molecule has 1 aromatic rings. The number of nitrogens with one attached hydrogen (secondary N) is 1. The fourth-order valence-corrected chi connectivity index (χ4v) is 2.76. The first-order chi connectivity index (χ1) is 9.40. The summed E-state index contributed by atoms with van der Waals surface area (Å²) >= 11 is 1.60. The van der Waals surface area contributed by atoms with Crippen LogP contribution in [0, 0.1) is 17.0 Å². The van der Waals surface area contributed by atoms with Gasteiger partial charge in [-0.15, -0.1) is 0 Å². The third-order valence-corrected chi connectivity index (χ3v) is 4.65. The van der Waals surface area contributed by atoms with E-state index in [0.29, 0.717) is 5.56 Å². The Balaban J connectivity index is 2.84. The van der Waals surface area contributed by atoms with Gasteiger partial charge >= 0.3 is 0 Å². The van der Waals surface area contributed by atoms with Crippen LogP contribution >= 0.6 is 11.8 Å². The number of hydrogen-bond donors (Lipinski definition) is 2. The molecule has 5 nitrogen and oxygen atoms in total. The summed E-state index contributed by atoms with van der Waals surface area (Å²) < 4.78 is 0. The molecule has 0 amide bonds. The lowest BCUT2D eigenvalue weighted by molar-refractivity contribution is -0.385. The number of aliphatic hydroxyl groups is 1. The zero-order valence-electron chi connectivity index (χ0n) is 12.3. The maximum absolute atomic E-state index is 11.0. The molecule has 1 rings (SSSR count). The summed E-state index contributed by atoms with van der Waals surface area (Å²) in [6.45, 7) is 5.82. The van der Waals surface area contributed by atoms with Crippen LogP contribution in [0.1, 0.15) is 31.0 Å². The molecular formula is C14H22N2O3S. The lowest BCUT2D eigenvalue weighted by Gasteiger charge is -2.25. The summed E-state index contributed by atoms with van der Waals surface area (Å²) in [7, 11) is 0. The van der Waals surface area contributed by atoms with Gasteiger partial charge in [-0.1, -0.05) is 12.1 Å². The molecule has 0 heterocycles. The largest absolute Gasteiger partial charge is 0.395 e. The molecule has 1 aromatic carbocycles. The Morgan fingerprint density at radius 2 is 2.10 bits per heavy atom. The molecule has 0 aromatic heterocycles.